The highest BCUT2D eigenvalue weighted by Crippen LogP contribution is 2.10. The minimum atomic E-state index is -0.593. The maximum atomic E-state index is 11.0. The van der Waals surface area contributed by atoms with E-state index in [1.165, 1.54) is 13.8 Å². The summed E-state index contributed by atoms with van der Waals surface area (Å²) in [6.45, 7) is 6.95. The van der Waals surface area contributed by atoms with Crippen molar-refractivity contribution < 1.29 is 14.3 Å². The van der Waals surface area contributed by atoms with E-state index in [0.29, 0.717) is 6.61 Å². The molecule has 12 heavy (non-hydrogen) atoms. The van der Waals surface area contributed by atoms with Crippen molar-refractivity contribution in [1.29, 1.82) is 0 Å². The first-order chi connectivity index (χ1) is 5.50. The predicted octanol–water partition coefficient (Wildman–Crippen LogP) is 1.21. The molecule has 0 aromatic rings. The summed E-state index contributed by atoms with van der Waals surface area (Å²) in [5, 5.41) is 0. The molecule has 0 spiro atoms. The van der Waals surface area contributed by atoms with Gasteiger partial charge in [-0.15, -0.1) is 0 Å². The van der Waals surface area contributed by atoms with E-state index >= 15 is 0 Å². The molecular formula is C9H16O3. The molecule has 0 bridgehead atoms. The zero-order valence-electron chi connectivity index (χ0n) is 8.09. The number of Topliss-reactive ketones (excluding diaryl/α,β-unsaturated/α-hetero) is 2. The number of hydrogen-bond acceptors (Lipinski definition) is 3. The summed E-state index contributed by atoms with van der Waals surface area (Å²) in [5.41, 5.74) is 0. The van der Waals surface area contributed by atoms with Crippen LogP contribution in [0, 0.1) is 5.92 Å². The fourth-order valence-corrected chi connectivity index (χ4v) is 1.31. The third kappa shape index (κ3) is 3.13. The minimum absolute atomic E-state index is 0.122. The Morgan fingerprint density at radius 3 is 1.92 bits per heavy atom. The first kappa shape index (κ1) is 11.3. The van der Waals surface area contributed by atoms with Crippen molar-refractivity contribution in [2.75, 3.05) is 6.61 Å². The van der Waals surface area contributed by atoms with Crippen molar-refractivity contribution in [2.24, 2.45) is 5.92 Å². The topological polar surface area (TPSA) is 43.4 Å². The Balaban J connectivity index is 4.29. The predicted molar refractivity (Wildman–Crippen MR) is 45.9 cm³/mol. The van der Waals surface area contributed by atoms with E-state index in [2.05, 4.69) is 0 Å². The fourth-order valence-electron chi connectivity index (χ4n) is 1.31. The average molecular weight is 172 g/mol. The van der Waals surface area contributed by atoms with Crippen LogP contribution in [-0.4, -0.2) is 24.3 Å². The van der Waals surface area contributed by atoms with E-state index in [4.69, 9.17) is 4.74 Å². The van der Waals surface area contributed by atoms with Crippen LogP contribution in [0.2, 0.25) is 0 Å². The number of carbonyl (C=O) groups is 2. The normalized spacial score (nSPS) is 13.1. The zero-order valence-corrected chi connectivity index (χ0v) is 8.09. The first-order valence-corrected chi connectivity index (χ1v) is 4.13. The van der Waals surface area contributed by atoms with Crippen molar-refractivity contribution >= 4 is 11.6 Å². The van der Waals surface area contributed by atoms with Gasteiger partial charge in [0.15, 0.2) is 0 Å². The van der Waals surface area contributed by atoms with Crippen LogP contribution in [0.4, 0.5) is 0 Å². The molecule has 3 nitrogen and oxygen atoms in total. The summed E-state index contributed by atoms with van der Waals surface area (Å²) in [6, 6.07) is 0. The van der Waals surface area contributed by atoms with E-state index in [9.17, 15) is 9.59 Å². The molecule has 0 aromatic heterocycles. The molecular weight excluding hydrogens is 156 g/mol. The summed E-state index contributed by atoms with van der Waals surface area (Å²) >= 11 is 0. The van der Waals surface area contributed by atoms with Crippen LogP contribution in [0.25, 0.3) is 0 Å². The molecule has 0 heterocycles. The highest BCUT2D eigenvalue weighted by atomic mass is 16.5. The first-order valence-electron chi connectivity index (χ1n) is 4.13. The van der Waals surface area contributed by atoms with Crippen LogP contribution in [0.1, 0.15) is 27.7 Å². The van der Waals surface area contributed by atoms with Crippen molar-refractivity contribution in [3.05, 3.63) is 0 Å². The molecule has 0 amide bonds. The van der Waals surface area contributed by atoms with Crippen molar-refractivity contribution in [3.63, 3.8) is 0 Å². The molecule has 0 aliphatic heterocycles. The van der Waals surface area contributed by atoms with Crippen molar-refractivity contribution in [1.82, 2.24) is 0 Å². The molecule has 0 rings (SSSR count). The third-order valence-corrected chi connectivity index (χ3v) is 1.77. The van der Waals surface area contributed by atoms with Gasteiger partial charge in [-0.3, -0.25) is 9.59 Å². The second kappa shape index (κ2) is 5.04. The zero-order chi connectivity index (χ0) is 9.72. The number of rotatable bonds is 5. The van der Waals surface area contributed by atoms with Gasteiger partial charge in [-0.2, -0.15) is 0 Å². The fraction of sp³-hybridized carbons (Fsp3) is 0.778. The van der Waals surface area contributed by atoms with Crippen LogP contribution < -0.4 is 0 Å². The molecule has 0 aliphatic rings. The van der Waals surface area contributed by atoms with Gasteiger partial charge in [0.05, 0.1) is 6.10 Å². The third-order valence-electron chi connectivity index (χ3n) is 1.77. The molecule has 0 aromatic carbocycles. The van der Waals surface area contributed by atoms with E-state index < -0.39 is 5.92 Å². The van der Waals surface area contributed by atoms with E-state index in [0.717, 1.165) is 0 Å². The SMILES string of the molecule is CCOC(C)C(C(C)=O)C(C)=O. The van der Waals surface area contributed by atoms with Gasteiger partial charge in [-0.1, -0.05) is 0 Å². The molecule has 1 atom stereocenters. The smallest absolute Gasteiger partial charge is 0.142 e. The Labute approximate surface area is 73.1 Å². The second-order valence-corrected chi connectivity index (χ2v) is 2.86. The van der Waals surface area contributed by atoms with Gasteiger partial charge in [0, 0.05) is 6.61 Å². The molecule has 0 saturated carbocycles. The van der Waals surface area contributed by atoms with E-state index in [1.54, 1.807) is 6.92 Å². The number of carbonyl (C=O) groups excluding carboxylic acids is 2. The lowest BCUT2D eigenvalue weighted by Gasteiger charge is -2.18. The van der Waals surface area contributed by atoms with Crippen LogP contribution in [0.15, 0.2) is 0 Å². The Morgan fingerprint density at radius 1 is 1.25 bits per heavy atom. The Morgan fingerprint density at radius 2 is 1.67 bits per heavy atom. The van der Waals surface area contributed by atoms with Gasteiger partial charge in [0.25, 0.3) is 0 Å². The lowest BCUT2D eigenvalue weighted by atomic mass is 9.95. The van der Waals surface area contributed by atoms with Crippen LogP contribution in [0.5, 0.6) is 0 Å². The molecule has 70 valence electrons. The minimum Gasteiger partial charge on any atom is -0.378 e. The van der Waals surface area contributed by atoms with Gasteiger partial charge < -0.3 is 4.74 Å². The van der Waals surface area contributed by atoms with E-state index in [-0.39, 0.29) is 17.7 Å². The summed E-state index contributed by atoms with van der Waals surface area (Å²) in [4.78, 5) is 22.0. The lowest BCUT2D eigenvalue weighted by Crippen LogP contribution is -2.32. The number of hydrogen-bond donors (Lipinski definition) is 0. The maximum absolute atomic E-state index is 11.0. The molecule has 0 aliphatic carbocycles. The Kier molecular flexibility index (Phi) is 4.74. The highest BCUT2D eigenvalue weighted by molar-refractivity contribution is 6.00. The van der Waals surface area contributed by atoms with Gasteiger partial charge in [0.1, 0.15) is 17.5 Å². The molecule has 0 fully saturated rings. The summed E-state index contributed by atoms with van der Waals surface area (Å²) in [6.07, 6.45) is -0.301. The van der Waals surface area contributed by atoms with E-state index in [1.807, 2.05) is 6.92 Å². The summed E-state index contributed by atoms with van der Waals surface area (Å²) < 4.78 is 5.18. The van der Waals surface area contributed by atoms with Gasteiger partial charge in [0.2, 0.25) is 0 Å². The average Bonchev–Trinajstić information content (AvgIpc) is 1.85. The molecule has 0 saturated heterocycles. The standard InChI is InChI=1S/C9H16O3/c1-5-12-8(4)9(6(2)10)7(3)11/h8-9H,5H2,1-4H3. The summed E-state index contributed by atoms with van der Waals surface area (Å²) in [5.74, 6) is -0.836. The number of ether oxygens (including phenoxy) is 1. The Bertz CT molecular complexity index is 161. The van der Waals surface area contributed by atoms with Crippen molar-refractivity contribution in [3.8, 4) is 0 Å². The Hall–Kier alpha value is -0.700. The van der Waals surface area contributed by atoms with Gasteiger partial charge >= 0.3 is 0 Å². The highest BCUT2D eigenvalue weighted by Gasteiger charge is 2.26. The van der Waals surface area contributed by atoms with Crippen LogP contribution in [0.3, 0.4) is 0 Å². The molecule has 1 unspecified atom stereocenters. The molecule has 0 N–H and O–H groups in total. The largest absolute Gasteiger partial charge is 0.378 e. The monoisotopic (exact) mass is 172 g/mol. The number of ketones is 2. The van der Waals surface area contributed by atoms with Gasteiger partial charge in [-0.05, 0) is 27.7 Å². The summed E-state index contributed by atoms with van der Waals surface area (Å²) in [7, 11) is 0. The van der Waals surface area contributed by atoms with Crippen LogP contribution in [-0.2, 0) is 14.3 Å². The second-order valence-electron chi connectivity index (χ2n) is 2.86. The quantitative estimate of drug-likeness (QED) is 0.585. The lowest BCUT2D eigenvalue weighted by molar-refractivity contribution is -0.136. The van der Waals surface area contributed by atoms with Crippen molar-refractivity contribution in [2.45, 2.75) is 33.8 Å². The van der Waals surface area contributed by atoms with Gasteiger partial charge in [-0.25, -0.2) is 0 Å². The molecule has 3 heteroatoms. The maximum Gasteiger partial charge on any atom is 0.142 e. The van der Waals surface area contributed by atoms with Crippen LogP contribution >= 0.6 is 0 Å². The molecule has 0 radical (unpaired) electrons.